The Kier molecular flexibility index (Phi) is 3.60. The smallest absolute Gasteiger partial charge is 0.247 e. The van der Waals surface area contributed by atoms with Gasteiger partial charge in [0.15, 0.2) is 0 Å². The van der Waals surface area contributed by atoms with Crippen LogP contribution in [-0.2, 0) is 10.0 Å². The molecule has 0 aromatic heterocycles. The van der Waals surface area contributed by atoms with Gasteiger partial charge in [0, 0.05) is 6.54 Å². The fourth-order valence-corrected chi connectivity index (χ4v) is 3.26. The number of para-hydroxylation sites is 1. The minimum Gasteiger partial charge on any atom is -0.507 e. The molecule has 96 valence electrons. The maximum Gasteiger partial charge on any atom is 0.247 e. The van der Waals surface area contributed by atoms with Crippen LogP contribution < -0.4 is 0 Å². The van der Waals surface area contributed by atoms with Crippen LogP contribution in [0.1, 0.15) is 12.8 Å². The summed E-state index contributed by atoms with van der Waals surface area (Å²) in [7, 11) is -3.71. The van der Waals surface area contributed by atoms with Crippen LogP contribution in [0.15, 0.2) is 29.2 Å². The molecule has 1 N–H and O–H groups in total. The molecule has 0 spiro atoms. The topological polar surface area (TPSA) is 57.6 Å². The van der Waals surface area contributed by atoms with E-state index in [9.17, 15) is 13.5 Å². The monoisotopic (exact) mass is 265 g/mol. The van der Waals surface area contributed by atoms with Crippen molar-refractivity contribution in [2.45, 2.75) is 17.7 Å². The lowest BCUT2D eigenvalue weighted by Gasteiger charge is -2.20. The third kappa shape index (κ3) is 2.66. The van der Waals surface area contributed by atoms with Gasteiger partial charge in [0.2, 0.25) is 10.0 Å². The van der Waals surface area contributed by atoms with Crippen molar-refractivity contribution in [1.82, 2.24) is 4.31 Å². The fourth-order valence-electron chi connectivity index (χ4n) is 1.75. The Morgan fingerprint density at radius 1 is 1.39 bits per heavy atom. The number of phenols is 1. The maximum absolute atomic E-state index is 12.4. The molecule has 1 aromatic carbocycles. The van der Waals surface area contributed by atoms with E-state index in [-0.39, 0.29) is 17.2 Å². The Morgan fingerprint density at radius 3 is 2.61 bits per heavy atom. The number of hydrogen-bond donors (Lipinski definition) is 1. The van der Waals surface area contributed by atoms with Crippen molar-refractivity contribution in [3.8, 4) is 18.1 Å². The highest BCUT2D eigenvalue weighted by atomic mass is 32.2. The van der Waals surface area contributed by atoms with Gasteiger partial charge >= 0.3 is 0 Å². The summed E-state index contributed by atoms with van der Waals surface area (Å²) in [5.41, 5.74) is 0. The predicted octanol–water partition coefficient (Wildman–Crippen LogP) is 1.43. The molecule has 0 atom stereocenters. The zero-order valence-corrected chi connectivity index (χ0v) is 10.7. The largest absolute Gasteiger partial charge is 0.507 e. The van der Waals surface area contributed by atoms with Crippen LogP contribution in [0, 0.1) is 18.3 Å². The number of benzene rings is 1. The van der Waals surface area contributed by atoms with E-state index in [1.807, 2.05) is 0 Å². The van der Waals surface area contributed by atoms with Gasteiger partial charge in [-0.15, -0.1) is 6.42 Å². The maximum atomic E-state index is 12.4. The van der Waals surface area contributed by atoms with E-state index in [0.717, 1.165) is 12.8 Å². The quantitative estimate of drug-likeness (QED) is 0.819. The van der Waals surface area contributed by atoms with Crippen LogP contribution in [0.25, 0.3) is 0 Å². The lowest BCUT2D eigenvalue weighted by atomic mass is 10.3. The van der Waals surface area contributed by atoms with E-state index in [1.165, 1.54) is 16.4 Å². The molecule has 2 rings (SSSR count). The van der Waals surface area contributed by atoms with Crippen LogP contribution in [0.5, 0.6) is 5.75 Å². The van der Waals surface area contributed by atoms with E-state index in [0.29, 0.717) is 12.5 Å². The molecule has 0 bridgehead atoms. The minimum absolute atomic E-state index is 0.0349. The molecule has 1 aromatic rings. The normalized spacial score (nSPS) is 15.6. The summed E-state index contributed by atoms with van der Waals surface area (Å²) in [5, 5.41) is 9.66. The van der Waals surface area contributed by atoms with Gasteiger partial charge in [0.25, 0.3) is 0 Å². The third-order valence-corrected chi connectivity index (χ3v) is 4.77. The Labute approximate surface area is 107 Å². The first-order valence-corrected chi connectivity index (χ1v) is 7.21. The van der Waals surface area contributed by atoms with E-state index < -0.39 is 10.0 Å². The molecule has 0 saturated heterocycles. The molecule has 0 radical (unpaired) electrons. The van der Waals surface area contributed by atoms with Gasteiger partial charge in [-0.25, -0.2) is 8.42 Å². The summed E-state index contributed by atoms with van der Waals surface area (Å²) in [5.74, 6) is 2.52. The van der Waals surface area contributed by atoms with E-state index >= 15 is 0 Å². The molecular formula is C13H15NO3S. The lowest BCUT2D eigenvalue weighted by molar-refractivity contribution is 0.419. The minimum atomic E-state index is -3.71. The van der Waals surface area contributed by atoms with Crippen molar-refractivity contribution in [2.75, 3.05) is 13.1 Å². The Morgan fingerprint density at radius 2 is 2.06 bits per heavy atom. The SMILES string of the molecule is C#CCN(CC1CC1)S(=O)(=O)c1ccccc1O. The zero-order valence-electron chi connectivity index (χ0n) is 9.91. The summed E-state index contributed by atoms with van der Waals surface area (Å²) in [6.07, 6.45) is 7.30. The highest BCUT2D eigenvalue weighted by molar-refractivity contribution is 7.89. The van der Waals surface area contributed by atoms with Crippen molar-refractivity contribution < 1.29 is 13.5 Å². The molecule has 5 heteroatoms. The van der Waals surface area contributed by atoms with Gasteiger partial charge in [-0.2, -0.15) is 4.31 Å². The number of phenolic OH excluding ortho intramolecular Hbond substituents is 1. The first kappa shape index (κ1) is 12.9. The molecular weight excluding hydrogens is 250 g/mol. The summed E-state index contributed by atoms with van der Waals surface area (Å²) < 4.78 is 26.0. The number of nitrogens with zero attached hydrogens (tertiary/aromatic N) is 1. The van der Waals surface area contributed by atoms with Crippen LogP contribution in [0.4, 0.5) is 0 Å². The summed E-state index contributed by atoms with van der Waals surface area (Å²) in [4.78, 5) is -0.0825. The molecule has 18 heavy (non-hydrogen) atoms. The molecule has 0 amide bonds. The Balaban J connectivity index is 2.32. The predicted molar refractivity (Wildman–Crippen MR) is 68.4 cm³/mol. The Hall–Kier alpha value is -1.51. The second-order valence-corrected chi connectivity index (χ2v) is 6.32. The number of rotatable bonds is 5. The standard InChI is InChI=1S/C13H15NO3S/c1-2-9-14(10-11-7-8-11)18(16,17)13-6-4-3-5-12(13)15/h1,3-6,11,15H,7-10H2. The van der Waals surface area contributed by atoms with E-state index in [4.69, 9.17) is 6.42 Å². The van der Waals surface area contributed by atoms with E-state index in [1.54, 1.807) is 12.1 Å². The number of terminal acetylenes is 1. The van der Waals surface area contributed by atoms with Crippen molar-refractivity contribution >= 4 is 10.0 Å². The number of sulfonamides is 1. The third-order valence-electron chi connectivity index (χ3n) is 2.91. The molecule has 1 aliphatic carbocycles. The molecule has 0 aliphatic heterocycles. The van der Waals surface area contributed by atoms with Gasteiger partial charge < -0.3 is 5.11 Å². The van der Waals surface area contributed by atoms with Crippen molar-refractivity contribution in [3.63, 3.8) is 0 Å². The van der Waals surface area contributed by atoms with Gasteiger partial charge in [-0.3, -0.25) is 0 Å². The summed E-state index contributed by atoms with van der Waals surface area (Å²) in [6.45, 7) is 0.466. The van der Waals surface area contributed by atoms with Crippen LogP contribution >= 0.6 is 0 Å². The molecule has 0 unspecified atom stereocenters. The first-order chi connectivity index (χ1) is 8.55. The fraction of sp³-hybridized carbons (Fsp3) is 0.385. The highest BCUT2D eigenvalue weighted by Crippen LogP contribution is 2.32. The Bertz CT molecular complexity index is 570. The second kappa shape index (κ2) is 5.01. The summed E-state index contributed by atoms with van der Waals surface area (Å²) >= 11 is 0. The molecule has 0 heterocycles. The van der Waals surface area contributed by atoms with Crippen molar-refractivity contribution in [1.29, 1.82) is 0 Å². The van der Waals surface area contributed by atoms with E-state index in [2.05, 4.69) is 5.92 Å². The van der Waals surface area contributed by atoms with Gasteiger partial charge in [-0.05, 0) is 30.9 Å². The van der Waals surface area contributed by atoms with Crippen molar-refractivity contribution in [2.24, 2.45) is 5.92 Å². The average molecular weight is 265 g/mol. The first-order valence-electron chi connectivity index (χ1n) is 5.77. The van der Waals surface area contributed by atoms with Gasteiger partial charge in [0.05, 0.1) is 6.54 Å². The van der Waals surface area contributed by atoms with Gasteiger partial charge in [0.1, 0.15) is 10.6 Å². The number of hydrogen-bond acceptors (Lipinski definition) is 3. The molecule has 1 saturated carbocycles. The second-order valence-electron chi connectivity index (χ2n) is 4.41. The van der Waals surface area contributed by atoms with Crippen molar-refractivity contribution in [3.05, 3.63) is 24.3 Å². The highest BCUT2D eigenvalue weighted by Gasteiger charge is 2.32. The van der Waals surface area contributed by atoms with Crippen LogP contribution in [-0.4, -0.2) is 30.9 Å². The number of aromatic hydroxyl groups is 1. The average Bonchev–Trinajstić information content (AvgIpc) is 3.13. The lowest BCUT2D eigenvalue weighted by Crippen LogP contribution is -2.33. The van der Waals surface area contributed by atoms with Crippen LogP contribution in [0.2, 0.25) is 0 Å². The zero-order chi connectivity index (χ0) is 13.2. The van der Waals surface area contributed by atoms with Gasteiger partial charge in [-0.1, -0.05) is 18.1 Å². The summed E-state index contributed by atoms with van der Waals surface area (Å²) in [6, 6.07) is 5.91. The molecule has 1 aliphatic rings. The van der Waals surface area contributed by atoms with Crippen LogP contribution in [0.3, 0.4) is 0 Å². The molecule has 1 fully saturated rings. The molecule has 4 nitrogen and oxygen atoms in total.